The van der Waals surface area contributed by atoms with Crippen molar-refractivity contribution in [2.45, 2.75) is 39.5 Å². The van der Waals surface area contributed by atoms with Gasteiger partial charge in [0.05, 0.1) is 6.61 Å². The SMILES string of the molecule is CCN(CC)C(=O)c1ccc(OCCCCN2C[C@H]3CC[C@H]3C2)cc1.Cl. The highest BCUT2D eigenvalue weighted by molar-refractivity contribution is 5.94. The van der Waals surface area contributed by atoms with Crippen molar-refractivity contribution in [3.8, 4) is 5.75 Å². The van der Waals surface area contributed by atoms with Crippen LogP contribution in [0.2, 0.25) is 0 Å². The second kappa shape index (κ2) is 10.2. The first-order valence-corrected chi connectivity index (χ1v) is 9.95. The fourth-order valence-electron chi connectivity index (χ4n) is 4.05. The molecule has 0 unspecified atom stereocenters. The highest BCUT2D eigenvalue weighted by atomic mass is 35.5. The minimum Gasteiger partial charge on any atom is -0.494 e. The predicted octanol–water partition coefficient (Wildman–Crippen LogP) is 4.09. The number of hydrogen-bond acceptors (Lipinski definition) is 3. The Bertz CT molecular complexity index is 548. The molecule has 2 fully saturated rings. The van der Waals surface area contributed by atoms with Crippen LogP contribution in [0.3, 0.4) is 0 Å². The second-order valence-corrected chi connectivity index (χ2v) is 7.41. The molecule has 1 saturated carbocycles. The molecule has 4 nitrogen and oxygen atoms in total. The lowest BCUT2D eigenvalue weighted by Crippen LogP contribution is -2.30. The number of fused-ring (bicyclic) bond motifs is 1. The molecule has 26 heavy (non-hydrogen) atoms. The van der Waals surface area contributed by atoms with Gasteiger partial charge in [-0.2, -0.15) is 0 Å². The van der Waals surface area contributed by atoms with Crippen LogP contribution < -0.4 is 4.74 Å². The number of ether oxygens (including phenoxy) is 1. The van der Waals surface area contributed by atoms with Crippen molar-refractivity contribution in [2.75, 3.05) is 39.3 Å². The summed E-state index contributed by atoms with van der Waals surface area (Å²) in [5.41, 5.74) is 0.736. The van der Waals surface area contributed by atoms with Gasteiger partial charge in [-0.15, -0.1) is 12.4 Å². The largest absolute Gasteiger partial charge is 0.494 e. The van der Waals surface area contributed by atoms with Crippen molar-refractivity contribution in [3.63, 3.8) is 0 Å². The summed E-state index contributed by atoms with van der Waals surface area (Å²) in [6.45, 7) is 10.1. The van der Waals surface area contributed by atoms with E-state index in [4.69, 9.17) is 4.74 Å². The standard InChI is InChI=1S/C21H32N2O2.ClH/c1-3-23(4-2)21(24)17-9-11-20(12-10-17)25-14-6-5-13-22-15-18-7-8-19(18)16-22;/h9-12,18-19H,3-8,13-16H2,1-2H3;1H/t18-,19+;. The molecular formula is C21H33ClN2O2. The van der Waals surface area contributed by atoms with Crippen molar-refractivity contribution in [2.24, 2.45) is 11.8 Å². The molecule has 1 aliphatic heterocycles. The number of carbonyl (C=O) groups excluding carboxylic acids is 1. The van der Waals surface area contributed by atoms with Crippen LogP contribution in [0.5, 0.6) is 5.75 Å². The van der Waals surface area contributed by atoms with Crippen LogP contribution in [0.25, 0.3) is 0 Å². The van der Waals surface area contributed by atoms with Crippen LogP contribution in [-0.2, 0) is 0 Å². The molecule has 0 spiro atoms. The van der Waals surface area contributed by atoms with E-state index < -0.39 is 0 Å². The zero-order valence-corrected chi connectivity index (χ0v) is 17.0. The molecule has 0 aromatic heterocycles. The highest BCUT2D eigenvalue weighted by Crippen LogP contribution is 2.40. The summed E-state index contributed by atoms with van der Waals surface area (Å²) in [6, 6.07) is 7.57. The van der Waals surface area contributed by atoms with Crippen LogP contribution in [0, 0.1) is 11.8 Å². The number of unbranched alkanes of at least 4 members (excludes halogenated alkanes) is 1. The van der Waals surface area contributed by atoms with Gasteiger partial charge in [0.15, 0.2) is 0 Å². The fourth-order valence-corrected chi connectivity index (χ4v) is 4.05. The predicted molar refractivity (Wildman–Crippen MR) is 108 cm³/mol. The average molecular weight is 381 g/mol. The van der Waals surface area contributed by atoms with Crippen LogP contribution >= 0.6 is 12.4 Å². The molecule has 1 amide bonds. The lowest BCUT2D eigenvalue weighted by molar-refractivity contribution is 0.0773. The summed E-state index contributed by atoms with van der Waals surface area (Å²) in [5, 5.41) is 0. The smallest absolute Gasteiger partial charge is 0.253 e. The summed E-state index contributed by atoms with van der Waals surface area (Å²) in [6.07, 6.45) is 5.21. The van der Waals surface area contributed by atoms with E-state index >= 15 is 0 Å². The first-order valence-electron chi connectivity index (χ1n) is 9.95. The fraction of sp³-hybridized carbons (Fsp3) is 0.667. The number of rotatable bonds is 9. The number of carbonyl (C=O) groups is 1. The van der Waals surface area contributed by atoms with E-state index in [0.717, 1.165) is 49.3 Å². The van der Waals surface area contributed by atoms with Crippen molar-refractivity contribution in [1.82, 2.24) is 9.80 Å². The average Bonchev–Trinajstić information content (AvgIpc) is 2.90. The van der Waals surface area contributed by atoms with Crippen molar-refractivity contribution in [3.05, 3.63) is 29.8 Å². The van der Waals surface area contributed by atoms with Crippen LogP contribution in [0.15, 0.2) is 24.3 Å². The Labute approximate surface area is 164 Å². The normalized spacial score (nSPS) is 21.5. The Morgan fingerprint density at radius 2 is 1.69 bits per heavy atom. The van der Waals surface area contributed by atoms with Gasteiger partial charge < -0.3 is 14.5 Å². The molecule has 0 N–H and O–H groups in total. The molecular weight excluding hydrogens is 348 g/mol. The van der Waals surface area contributed by atoms with Gasteiger partial charge in [0.2, 0.25) is 0 Å². The van der Waals surface area contributed by atoms with Gasteiger partial charge in [0, 0.05) is 31.7 Å². The third-order valence-corrected chi connectivity index (χ3v) is 5.85. The number of halogens is 1. The molecule has 1 aliphatic carbocycles. The molecule has 1 aromatic carbocycles. The molecule has 1 aromatic rings. The number of hydrogen-bond donors (Lipinski definition) is 0. The van der Waals surface area contributed by atoms with Crippen molar-refractivity contribution in [1.29, 1.82) is 0 Å². The second-order valence-electron chi connectivity index (χ2n) is 7.41. The van der Waals surface area contributed by atoms with Crippen molar-refractivity contribution < 1.29 is 9.53 Å². The van der Waals surface area contributed by atoms with Gasteiger partial charge in [0.1, 0.15) is 5.75 Å². The molecule has 146 valence electrons. The first-order chi connectivity index (χ1) is 12.2. The topological polar surface area (TPSA) is 32.8 Å². The third-order valence-electron chi connectivity index (χ3n) is 5.85. The lowest BCUT2D eigenvalue weighted by atomic mass is 9.77. The lowest BCUT2D eigenvalue weighted by Gasteiger charge is -2.28. The zero-order valence-electron chi connectivity index (χ0n) is 16.2. The van der Waals surface area contributed by atoms with E-state index in [-0.39, 0.29) is 18.3 Å². The van der Waals surface area contributed by atoms with E-state index in [9.17, 15) is 4.79 Å². The molecule has 1 heterocycles. The molecule has 2 atom stereocenters. The van der Waals surface area contributed by atoms with Gasteiger partial charge in [-0.05, 0) is 82.2 Å². The minimum absolute atomic E-state index is 0. The van der Waals surface area contributed by atoms with Gasteiger partial charge in [-0.1, -0.05) is 0 Å². The maximum atomic E-state index is 12.3. The number of nitrogens with zero attached hydrogens (tertiary/aromatic N) is 2. The van der Waals surface area contributed by atoms with Crippen LogP contribution in [0.1, 0.15) is 49.9 Å². The van der Waals surface area contributed by atoms with Crippen LogP contribution in [0.4, 0.5) is 0 Å². The van der Waals surface area contributed by atoms with E-state index in [0.29, 0.717) is 0 Å². The maximum Gasteiger partial charge on any atom is 0.253 e. The molecule has 0 bridgehead atoms. The highest BCUT2D eigenvalue weighted by Gasteiger charge is 2.38. The monoisotopic (exact) mass is 380 g/mol. The molecule has 2 aliphatic rings. The van der Waals surface area contributed by atoms with Gasteiger partial charge in [-0.3, -0.25) is 4.79 Å². The van der Waals surface area contributed by atoms with E-state index in [1.165, 1.54) is 38.9 Å². The number of benzene rings is 1. The first kappa shape index (κ1) is 21.0. The third kappa shape index (κ3) is 5.14. The summed E-state index contributed by atoms with van der Waals surface area (Å²) in [7, 11) is 0. The van der Waals surface area contributed by atoms with Gasteiger partial charge >= 0.3 is 0 Å². The minimum atomic E-state index is 0. The molecule has 0 radical (unpaired) electrons. The molecule has 1 saturated heterocycles. The Kier molecular flexibility index (Phi) is 8.23. The number of likely N-dealkylation sites (tertiary alicyclic amines) is 1. The van der Waals surface area contributed by atoms with E-state index in [2.05, 4.69) is 4.90 Å². The Morgan fingerprint density at radius 1 is 1.08 bits per heavy atom. The Morgan fingerprint density at radius 3 is 2.23 bits per heavy atom. The summed E-state index contributed by atoms with van der Waals surface area (Å²) >= 11 is 0. The summed E-state index contributed by atoms with van der Waals surface area (Å²) in [4.78, 5) is 16.7. The Hall–Kier alpha value is -1.26. The van der Waals surface area contributed by atoms with E-state index in [1.54, 1.807) is 0 Å². The molecule has 3 rings (SSSR count). The Balaban J connectivity index is 0.00000243. The summed E-state index contributed by atoms with van der Waals surface area (Å²) in [5.74, 6) is 2.97. The van der Waals surface area contributed by atoms with Crippen LogP contribution in [-0.4, -0.2) is 55.0 Å². The maximum absolute atomic E-state index is 12.3. The van der Waals surface area contributed by atoms with Crippen molar-refractivity contribution >= 4 is 18.3 Å². The zero-order chi connectivity index (χ0) is 17.6. The van der Waals surface area contributed by atoms with E-state index in [1.807, 2.05) is 43.0 Å². The quantitative estimate of drug-likeness (QED) is 0.605. The van der Waals surface area contributed by atoms with Gasteiger partial charge in [0.25, 0.3) is 5.91 Å². The van der Waals surface area contributed by atoms with Gasteiger partial charge in [-0.25, -0.2) is 0 Å². The summed E-state index contributed by atoms with van der Waals surface area (Å²) < 4.78 is 5.83. The molecule has 5 heteroatoms. The number of amides is 1.